The monoisotopic (exact) mass is 287 g/mol. The van der Waals surface area contributed by atoms with Crippen molar-refractivity contribution < 1.29 is 9.59 Å². The molecule has 0 saturated carbocycles. The number of nitrogens with zero attached hydrogens (tertiary/aromatic N) is 1. The highest BCUT2D eigenvalue weighted by molar-refractivity contribution is 6.00. The molecule has 2 amide bonds. The normalized spacial score (nSPS) is 18.2. The zero-order chi connectivity index (χ0) is 14.7. The molecule has 0 aliphatic carbocycles. The zero-order valence-corrected chi connectivity index (χ0v) is 12.2. The van der Waals surface area contributed by atoms with E-state index in [0.29, 0.717) is 12.8 Å². The number of nitrogens with one attached hydrogen (secondary N) is 2. The predicted molar refractivity (Wildman–Crippen MR) is 82.3 cm³/mol. The Kier molecular flexibility index (Phi) is 4.20. The van der Waals surface area contributed by atoms with Gasteiger partial charge >= 0.3 is 0 Å². The van der Waals surface area contributed by atoms with Gasteiger partial charge in [0.2, 0.25) is 11.8 Å². The van der Waals surface area contributed by atoms with Crippen molar-refractivity contribution >= 4 is 23.2 Å². The van der Waals surface area contributed by atoms with E-state index in [4.69, 9.17) is 0 Å². The molecule has 1 fully saturated rings. The molecule has 0 unspecified atom stereocenters. The van der Waals surface area contributed by atoms with Crippen LogP contribution < -0.4 is 10.6 Å². The molecule has 3 rings (SSSR count). The molecule has 2 heterocycles. The van der Waals surface area contributed by atoms with Gasteiger partial charge in [0.15, 0.2) is 0 Å². The number of piperidine rings is 1. The van der Waals surface area contributed by atoms with Crippen LogP contribution in [0.2, 0.25) is 0 Å². The fraction of sp³-hybridized carbons (Fsp3) is 0.500. The number of likely N-dealkylation sites (tertiary alicyclic amines) is 1. The summed E-state index contributed by atoms with van der Waals surface area (Å²) >= 11 is 0. The summed E-state index contributed by atoms with van der Waals surface area (Å²) in [7, 11) is 0. The van der Waals surface area contributed by atoms with Crippen molar-refractivity contribution in [3.05, 3.63) is 23.8 Å². The second-order valence-electron chi connectivity index (χ2n) is 5.80. The minimum Gasteiger partial charge on any atom is -0.326 e. The highest BCUT2D eigenvalue weighted by Gasteiger charge is 2.18. The maximum absolute atomic E-state index is 12.0. The van der Waals surface area contributed by atoms with Crippen LogP contribution in [-0.2, 0) is 16.0 Å². The van der Waals surface area contributed by atoms with E-state index in [9.17, 15) is 9.59 Å². The van der Waals surface area contributed by atoms with E-state index in [1.807, 2.05) is 18.2 Å². The summed E-state index contributed by atoms with van der Waals surface area (Å²) in [6.07, 6.45) is 4.71. The van der Waals surface area contributed by atoms with E-state index in [1.165, 1.54) is 19.3 Å². The Balaban J connectivity index is 1.50. The number of benzene rings is 1. The van der Waals surface area contributed by atoms with E-state index >= 15 is 0 Å². The second-order valence-corrected chi connectivity index (χ2v) is 5.80. The summed E-state index contributed by atoms with van der Waals surface area (Å²) < 4.78 is 0. The Morgan fingerprint density at radius 1 is 1.24 bits per heavy atom. The molecule has 2 aliphatic heterocycles. The Labute approximate surface area is 124 Å². The van der Waals surface area contributed by atoms with E-state index in [1.54, 1.807) is 0 Å². The minimum absolute atomic E-state index is 0.0126. The van der Waals surface area contributed by atoms with Crippen molar-refractivity contribution in [1.29, 1.82) is 0 Å². The lowest BCUT2D eigenvalue weighted by atomic mass is 10.1. The van der Waals surface area contributed by atoms with Crippen LogP contribution in [0.25, 0.3) is 0 Å². The van der Waals surface area contributed by atoms with Gasteiger partial charge < -0.3 is 15.5 Å². The number of hydrogen-bond acceptors (Lipinski definition) is 3. The largest absolute Gasteiger partial charge is 0.326 e. The van der Waals surface area contributed by atoms with Crippen LogP contribution in [0.5, 0.6) is 0 Å². The Morgan fingerprint density at radius 2 is 2.05 bits per heavy atom. The molecule has 2 aliphatic rings. The van der Waals surface area contributed by atoms with E-state index in [2.05, 4.69) is 15.5 Å². The molecule has 21 heavy (non-hydrogen) atoms. The van der Waals surface area contributed by atoms with Crippen molar-refractivity contribution in [3.63, 3.8) is 0 Å². The molecule has 5 nitrogen and oxygen atoms in total. The summed E-state index contributed by atoms with van der Waals surface area (Å²) in [4.78, 5) is 25.7. The van der Waals surface area contributed by atoms with Gasteiger partial charge in [0.05, 0.1) is 6.42 Å². The van der Waals surface area contributed by atoms with Crippen molar-refractivity contribution in [2.45, 2.75) is 32.1 Å². The molecule has 0 spiro atoms. The average molecular weight is 287 g/mol. The molecule has 0 bridgehead atoms. The van der Waals surface area contributed by atoms with Crippen molar-refractivity contribution in [2.75, 3.05) is 30.3 Å². The third kappa shape index (κ3) is 3.61. The lowest BCUT2D eigenvalue weighted by molar-refractivity contribution is -0.116. The Bertz CT molecular complexity index is 550. The van der Waals surface area contributed by atoms with Crippen LogP contribution in [0.1, 0.15) is 31.2 Å². The molecule has 2 N–H and O–H groups in total. The zero-order valence-electron chi connectivity index (χ0n) is 12.2. The molecule has 1 aromatic rings. The van der Waals surface area contributed by atoms with Crippen molar-refractivity contribution in [3.8, 4) is 0 Å². The molecular weight excluding hydrogens is 266 g/mol. The SMILES string of the molecule is O=C(CCN1CCCCC1)Nc1ccc2c(c1)CC(=O)N2. The first-order valence-corrected chi connectivity index (χ1v) is 7.66. The van der Waals surface area contributed by atoms with Gasteiger partial charge in [-0.05, 0) is 49.7 Å². The Hall–Kier alpha value is -1.88. The number of rotatable bonds is 4. The lowest BCUT2D eigenvalue weighted by Gasteiger charge is -2.25. The van der Waals surface area contributed by atoms with E-state index in [-0.39, 0.29) is 11.8 Å². The first-order chi connectivity index (χ1) is 10.2. The molecule has 5 heteroatoms. The summed E-state index contributed by atoms with van der Waals surface area (Å²) in [6.45, 7) is 3.05. The maximum Gasteiger partial charge on any atom is 0.228 e. The van der Waals surface area contributed by atoms with Gasteiger partial charge in [-0.15, -0.1) is 0 Å². The van der Waals surface area contributed by atoms with Gasteiger partial charge in [-0.2, -0.15) is 0 Å². The van der Waals surface area contributed by atoms with Crippen LogP contribution in [0.3, 0.4) is 0 Å². The standard InChI is InChI=1S/C16H21N3O2/c20-15(6-9-19-7-2-1-3-8-19)17-13-4-5-14-12(10-13)11-16(21)18-14/h4-5,10H,1-3,6-9,11H2,(H,17,20)(H,18,21). The molecule has 1 saturated heterocycles. The van der Waals surface area contributed by atoms with Gasteiger partial charge in [0, 0.05) is 24.3 Å². The highest BCUT2D eigenvalue weighted by Crippen LogP contribution is 2.26. The smallest absolute Gasteiger partial charge is 0.228 e. The average Bonchev–Trinajstić information content (AvgIpc) is 2.85. The topological polar surface area (TPSA) is 61.4 Å². The fourth-order valence-electron chi connectivity index (χ4n) is 2.97. The second kappa shape index (κ2) is 6.26. The van der Waals surface area contributed by atoms with Gasteiger partial charge in [-0.3, -0.25) is 9.59 Å². The van der Waals surface area contributed by atoms with Gasteiger partial charge in [-0.25, -0.2) is 0 Å². The minimum atomic E-state index is 0.0126. The van der Waals surface area contributed by atoms with Crippen LogP contribution >= 0.6 is 0 Å². The van der Waals surface area contributed by atoms with Crippen LogP contribution in [0.4, 0.5) is 11.4 Å². The first-order valence-electron chi connectivity index (χ1n) is 7.66. The van der Waals surface area contributed by atoms with E-state index < -0.39 is 0 Å². The molecule has 0 atom stereocenters. The summed E-state index contributed by atoms with van der Waals surface area (Å²) in [6, 6.07) is 5.57. The van der Waals surface area contributed by atoms with Gasteiger partial charge in [-0.1, -0.05) is 6.42 Å². The lowest BCUT2D eigenvalue weighted by Crippen LogP contribution is -2.32. The van der Waals surface area contributed by atoms with Crippen LogP contribution in [0.15, 0.2) is 18.2 Å². The van der Waals surface area contributed by atoms with Gasteiger partial charge in [0.25, 0.3) is 0 Å². The summed E-state index contributed by atoms with van der Waals surface area (Å²) in [5.74, 6) is 0.0522. The summed E-state index contributed by atoms with van der Waals surface area (Å²) in [5.41, 5.74) is 2.58. The molecule has 112 valence electrons. The number of hydrogen-bond donors (Lipinski definition) is 2. The fourth-order valence-corrected chi connectivity index (χ4v) is 2.97. The van der Waals surface area contributed by atoms with Crippen molar-refractivity contribution in [2.24, 2.45) is 0 Å². The number of anilines is 2. The van der Waals surface area contributed by atoms with E-state index in [0.717, 1.165) is 36.6 Å². The predicted octanol–water partition coefficient (Wildman–Crippen LogP) is 2.00. The third-order valence-corrected chi connectivity index (χ3v) is 4.12. The quantitative estimate of drug-likeness (QED) is 0.890. The highest BCUT2D eigenvalue weighted by atomic mass is 16.2. The summed E-state index contributed by atoms with van der Waals surface area (Å²) in [5, 5.41) is 5.71. The molecule has 1 aromatic carbocycles. The number of fused-ring (bicyclic) bond motifs is 1. The first kappa shape index (κ1) is 14.1. The number of amides is 2. The molecular formula is C16H21N3O2. The Morgan fingerprint density at radius 3 is 2.86 bits per heavy atom. The van der Waals surface area contributed by atoms with Crippen LogP contribution in [-0.4, -0.2) is 36.3 Å². The molecule has 0 radical (unpaired) electrons. The van der Waals surface area contributed by atoms with Crippen LogP contribution in [0, 0.1) is 0 Å². The van der Waals surface area contributed by atoms with Crippen molar-refractivity contribution in [1.82, 2.24) is 4.90 Å². The molecule has 0 aromatic heterocycles. The number of carbonyl (C=O) groups excluding carboxylic acids is 2. The third-order valence-electron chi connectivity index (χ3n) is 4.12. The van der Waals surface area contributed by atoms with Gasteiger partial charge in [0.1, 0.15) is 0 Å². The maximum atomic E-state index is 12.0. The number of carbonyl (C=O) groups is 2.